The third-order valence-corrected chi connectivity index (χ3v) is 2.35. The van der Waals surface area contributed by atoms with Crippen molar-refractivity contribution in [1.29, 1.82) is 0 Å². The molecule has 0 atom stereocenters. The number of hydrogen-bond acceptors (Lipinski definition) is 0. The molecule has 0 saturated heterocycles. The van der Waals surface area contributed by atoms with Crippen molar-refractivity contribution in [3.8, 4) is 23.7 Å². The Morgan fingerprint density at radius 3 is 1.76 bits per heavy atom. The van der Waals surface area contributed by atoms with E-state index in [-0.39, 0.29) is 0 Å². The lowest BCUT2D eigenvalue weighted by Gasteiger charge is -1.88. The number of benzene rings is 2. The van der Waals surface area contributed by atoms with Crippen LogP contribution in [0, 0.1) is 23.7 Å². The standard InChI is InChI=1S/C16H9Cl/c17-16-12-10-15(11-13-16)9-5-4-8-14-6-2-1-3-7-14/h1-3,6-7,10-13H. The van der Waals surface area contributed by atoms with Gasteiger partial charge in [-0.25, -0.2) is 0 Å². The molecule has 0 radical (unpaired) electrons. The third kappa shape index (κ3) is 3.72. The van der Waals surface area contributed by atoms with Crippen molar-refractivity contribution >= 4 is 11.6 Å². The summed E-state index contributed by atoms with van der Waals surface area (Å²) in [5, 5.41) is 0.714. The van der Waals surface area contributed by atoms with Gasteiger partial charge in [-0.1, -0.05) is 41.6 Å². The first-order valence-electron chi connectivity index (χ1n) is 5.17. The van der Waals surface area contributed by atoms with Crippen LogP contribution < -0.4 is 0 Å². The van der Waals surface area contributed by atoms with Crippen LogP contribution in [0.3, 0.4) is 0 Å². The van der Waals surface area contributed by atoms with Crippen LogP contribution in [0.15, 0.2) is 54.6 Å². The van der Waals surface area contributed by atoms with Crippen molar-refractivity contribution < 1.29 is 0 Å². The highest BCUT2D eigenvalue weighted by Crippen LogP contribution is 2.08. The zero-order chi connectivity index (χ0) is 11.9. The maximum Gasteiger partial charge on any atom is 0.0406 e. The van der Waals surface area contributed by atoms with Crippen LogP contribution in [0.1, 0.15) is 11.1 Å². The van der Waals surface area contributed by atoms with Gasteiger partial charge >= 0.3 is 0 Å². The van der Waals surface area contributed by atoms with E-state index >= 15 is 0 Å². The SMILES string of the molecule is Clc1ccc(C#CC#Cc2ccccc2)cc1. The molecule has 0 spiro atoms. The van der Waals surface area contributed by atoms with Crippen LogP contribution in [-0.2, 0) is 0 Å². The summed E-state index contributed by atoms with van der Waals surface area (Å²) in [5.41, 5.74) is 1.88. The second-order valence-corrected chi connectivity index (χ2v) is 3.81. The summed E-state index contributed by atoms with van der Waals surface area (Å²) in [6, 6.07) is 17.2. The van der Waals surface area contributed by atoms with Gasteiger partial charge in [0.25, 0.3) is 0 Å². The van der Waals surface area contributed by atoms with E-state index in [1.165, 1.54) is 0 Å². The molecule has 2 aromatic carbocycles. The van der Waals surface area contributed by atoms with Gasteiger partial charge in [0.05, 0.1) is 0 Å². The van der Waals surface area contributed by atoms with Crippen LogP contribution in [0.2, 0.25) is 5.02 Å². The van der Waals surface area contributed by atoms with Gasteiger partial charge in [0, 0.05) is 16.1 Å². The van der Waals surface area contributed by atoms with E-state index in [2.05, 4.69) is 23.7 Å². The summed E-state index contributed by atoms with van der Waals surface area (Å²) in [6.45, 7) is 0. The summed E-state index contributed by atoms with van der Waals surface area (Å²) < 4.78 is 0. The molecular weight excluding hydrogens is 228 g/mol. The van der Waals surface area contributed by atoms with Crippen molar-refractivity contribution in [1.82, 2.24) is 0 Å². The molecular formula is C16H9Cl. The minimum Gasteiger partial charge on any atom is -0.0843 e. The number of rotatable bonds is 0. The molecule has 0 saturated carbocycles. The summed E-state index contributed by atoms with van der Waals surface area (Å²) in [4.78, 5) is 0. The van der Waals surface area contributed by atoms with Gasteiger partial charge in [-0.05, 0) is 48.2 Å². The number of hydrogen-bond donors (Lipinski definition) is 0. The average Bonchev–Trinajstić information content (AvgIpc) is 2.38. The van der Waals surface area contributed by atoms with Crippen molar-refractivity contribution in [3.05, 3.63) is 70.7 Å². The van der Waals surface area contributed by atoms with Crippen molar-refractivity contribution in [2.24, 2.45) is 0 Å². The van der Waals surface area contributed by atoms with Gasteiger partial charge in [0.15, 0.2) is 0 Å². The molecule has 0 aliphatic rings. The molecule has 0 amide bonds. The van der Waals surface area contributed by atoms with Gasteiger partial charge < -0.3 is 0 Å². The van der Waals surface area contributed by atoms with Crippen molar-refractivity contribution in [2.75, 3.05) is 0 Å². The van der Waals surface area contributed by atoms with Crippen LogP contribution in [-0.4, -0.2) is 0 Å². The molecule has 0 aliphatic heterocycles. The highest BCUT2D eigenvalue weighted by atomic mass is 35.5. The smallest absolute Gasteiger partial charge is 0.0406 e. The van der Waals surface area contributed by atoms with E-state index in [1.54, 1.807) is 0 Å². The molecule has 0 bridgehead atoms. The fourth-order valence-electron chi connectivity index (χ4n) is 1.26. The molecule has 0 nitrogen and oxygen atoms in total. The van der Waals surface area contributed by atoms with E-state index in [9.17, 15) is 0 Å². The third-order valence-electron chi connectivity index (χ3n) is 2.09. The molecule has 0 fully saturated rings. The Hall–Kier alpha value is -2.15. The molecule has 0 N–H and O–H groups in total. The highest BCUT2D eigenvalue weighted by molar-refractivity contribution is 6.30. The van der Waals surface area contributed by atoms with Crippen molar-refractivity contribution in [3.63, 3.8) is 0 Å². The summed E-state index contributed by atoms with van der Waals surface area (Å²) in [6.07, 6.45) is 0. The average molecular weight is 237 g/mol. The second kappa shape index (κ2) is 5.80. The zero-order valence-corrected chi connectivity index (χ0v) is 9.83. The molecule has 0 unspecified atom stereocenters. The molecule has 17 heavy (non-hydrogen) atoms. The molecule has 1 heteroatoms. The fourth-order valence-corrected chi connectivity index (χ4v) is 1.39. The Morgan fingerprint density at radius 1 is 0.647 bits per heavy atom. The Bertz CT molecular complexity index is 602. The Labute approximate surface area is 106 Å². The molecule has 0 aliphatic carbocycles. The first kappa shape index (κ1) is 11.3. The van der Waals surface area contributed by atoms with E-state index in [0.717, 1.165) is 11.1 Å². The Kier molecular flexibility index (Phi) is 3.87. The predicted molar refractivity (Wildman–Crippen MR) is 71.7 cm³/mol. The lowest BCUT2D eigenvalue weighted by molar-refractivity contribution is 1.64. The summed E-state index contributed by atoms with van der Waals surface area (Å²) >= 11 is 5.78. The van der Waals surface area contributed by atoms with Crippen LogP contribution in [0.25, 0.3) is 0 Å². The maximum atomic E-state index is 5.78. The summed E-state index contributed by atoms with van der Waals surface area (Å²) in [5.74, 6) is 11.6. The van der Waals surface area contributed by atoms with Crippen LogP contribution in [0.5, 0.6) is 0 Å². The van der Waals surface area contributed by atoms with Crippen molar-refractivity contribution in [2.45, 2.75) is 0 Å². The van der Waals surface area contributed by atoms with Gasteiger partial charge in [-0.2, -0.15) is 0 Å². The Balaban J connectivity index is 2.09. The van der Waals surface area contributed by atoms with Crippen LogP contribution >= 0.6 is 11.6 Å². The largest absolute Gasteiger partial charge is 0.0843 e. The lowest BCUT2D eigenvalue weighted by atomic mass is 10.2. The topological polar surface area (TPSA) is 0 Å². The predicted octanol–water partition coefficient (Wildman–Crippen LogP) is 3.74. The van der Waals surface area contributed by atoms with Crippen LogP contribution in [0.4, 0.5) is 0 Å². The van der Waals surface area contributed by atoms with Gasteiger partial charge in [-0.15, -0.1) is 0 Å². The second-order valence-electron chi connectivity index (χ2n) is 3.37. The number of halogens is 1. The molecule has 2 rings (SSSR count). The van der Waals surface area contributed by atoms with E-state index in [1.807, 2.05) is 54.6 Å². The molecule has 80 valence electrons. The van der Waals surface area contributed by atoms with E-state index in [4.69, 9.17) is 11.6 Å². The van der Waals surface area contributed by atoms with E-state index < -0.39 is 0 Å². The monoisotopic (exact) mass is 236 g/mol. The maximum absolute atomic E-state index is 5.78. The minimum absolute atomic E-state index is 0.714. The first-order valence-corrected chi connectivity index (χ1v) is 5.55. The minimum atomic E-state index is 0.714. The Morgan fingerprint density at radius 2 is 1.18 bits per heavy atom. The first-order chi connectivity index (χ1) is 8.34. The van der Waals surface area contributed by atoms with Gasteiger partial charge in [0.1, 0.15) is 0 Å². The quantitative estimate of drug-likeness (QED) is 0.612. The van der Waals surface area contributed by atoms with E-state index in [0.29, 0.717) is 5.02 Å². The molecule has 2 aromatic rings. The summed E-state index contributed by atoms with van der Waals surface area (Å²) in [7, 11) is 0. The van der Waals surface area contributed by atoms with Gasteiger partial charge in [-0.3, -0.25) is 0 Å². The lowest BCUT2D eigenvalue weighted by Crippen LogP contribution is -1.72. The molecule has 0 heterocycles. The molecule has 0 aromatic heterocycles. The van der Waals surface area contributed by atoms with Gasteiger partial charge in [0.2, 0.25) is 0 Å². The fraction of sp³-hybridized carbons (Fsp3) is 0. The zero-order valence-electron chi connectivity index (χ0n) is 9.07. The highest BCUT2D eigenvalue weighted by Gasteiger charge is 1.86. The normalized spacial score (nSPS) is 8.53.